The first-order valence-corrected chi connectivity index (χ1v) is 7.86. The third-order valence-corrected chi connectivity index (χ3v) is 4.49. The number of likely N-dealkylation sites (tertiary alicyclic amines) is 1. The normalized spacial score (nSPS) is 18.7. The summed E-state index contributed by atoms with van der Waals surface area (Å²) in [7, 11) is 6.11. The first-order valence-electron chi connectivity index (χ1n) is 7.86. The lowest BCUT2D eigenvalue weighted by Gasteiger charge is -2.30. The van der Waals surface area contributed by atoms with Crippen molar-refractivity contribution in [2.75, 3.05) is 45.7 Å². The van der Waals surface area contributed by atoms with Gasteiger partial charge in [0.1, 0.15) is 5.82 Å². The largest absolute Gasteiger partial charge is 0.377 e. The van der Waals surface area contributed by atoms with Gasteiger partial charge in [-0.3, -0.25) is 0 Å². The number of rotatable bonds is 5. The predicted molar refractivity (Wildman–Crippen MR) is 87.4 cm³/mol. The average Bonchev–Trinajstić information content (AvgIpc) is 2.46. The van der Waals surface area contributed by atoms with Crippen molar-refractivity contribution in [2.24, 2.45) is 5.92 Å². The fourth-order valence-electron chi connectivity index (χ4n) is 2.99. The van der Waals surface area contributed by atoms with E-state index < -0.39 is 0 Å². The Morgan fingerprint density at radius 3 is 2.62 bits per heavy atom. The summed E-state index contributed by atoms with van der Waals surface area (Å²) in [5.74, 6) is 0.580. The molecule has 1 aliphatic heterocycles. The van der Waals surface area contributed by atoms with Crippen LogP contribution in [0.1, 0.15) is 31.4 Å². The van der Waals surface area contributed by atoms with Gasteiger partial charge in [0.15, 0.2) is 0 Å². The molecule has 0 bridgehead atoms. The van der Waals surface area contributed by atoms with Crippen LogP contribution in [0.15, 0.2) is 18.2 Å². The van der Waals surface area contributed by atoms with E-state index in [-0.39, 0.29) is 11.9 Å². The Morgan fingerprint density at radius 2 is 2.00 bits per heavy atom. The molecular formula is C17H28FN3. The average molecular weight is 293 g/mol. The lowest BCUT2D eigenvalue weighted by Crippen LogP contribution is -2.35. The van der Waals surface area contributed by atoms with E-state index in [4.69, 9.17) is 0 Å². The first kappa shape index (κ1) is 16.2. The SMILES string of the molecule is CC(NCC1CCN(C)CC1)c1ccc(F)cc1N(C)C. The van der Waals surface area contributed by atoms with E-state index in [0.29, 0.717) is 0 Å². The van der Waals surface area contributed by atoms with Crippen molar-refractivity contribution < 1.29 is 4.39 Å². The van der Waals surface area contributed by atoms with Crippen LogP contribution >= 0.6 is 0 Å². The topological polar surface area (TPSA) is 18.5 Å². The lowest BCUT2D eigenvalue weighted by atomic mass is 9.96. The Balaban J connectivity index is 1.95. The van der Waals surface area contributed by atoms with Crippen LogP contribution < -0.4 is 10.2 Å². The number of hydrogen-bond donors (Lipinski definition) is 1. The number of halogens is 1. The number of nitrogens with one attached hydrogen (secondary N) is 1. The van der Waals surface area contributed by atoms with Crippen LogP contribution in [0.3, 0.4) is 0 Å². The third-order valence-electron chi connectivity index (χ3n) is 4.49. The molecule has 1 aliphatic rings. The van der Waals surface area contributed by atoms with Crippen LogP contribution in [-0.2, 0) is 0 Å². The summed E-state index contributed by atoms with van der Waals surface area (Å²) in [6.07, 6.45) is 2.53. The molecule has 0 amide bonds. The highest BCUT2D eigenvalue weighted by molar-refractivity contribution is 5.54. The molecule has 1 atom stereocenters. The Morgan fingerprint density at radius 1 is 1.33 bits per heavy atom. The van der Waals surface area contributed by atoms with E-state index in [1.165, 1.54) is 25.9 Å². The second-order valence-corrected chi connectivity index (χ2v) is 6.47. The van der Waals surface area contributed by atoms with Gasteiger partial charge >= 0.3 is 0 Å². The van der Waals surface area contributed by atoms with Crippen LogP contribution in [0.5, 0.6) is 0 Å². The Kier molecular flexibility index (Phi) is 5.59. The second kappa shape index (κ2) is 7.23. The van der Waals surface area contributed by atoms with Gasteiger partial charge < -0.3 is 15.1 Å². The van der Waals surface area contributed by atoms with E-state index in [2.05, 4.69) is 24.2 Å². The van der Waals surface area contributed by atoms with Crippen LogP contribution in [0.4, 0.5) is 10.1 Å². The number of nitrogens with zero attached hydrogens (tertiary/aromatic N) is 2. The molecule has 1 N–H and O–H groups in total. The summed E-state index contributed by atoms with van der Waals surface area (Å²) in [4.78, 5) is 4.37. The standard InChI is InChI=1S/C17H28FN3/c1-13(19-12-14-7-9-21(4)10-8-14)16-6-5-15(18)11-17(16)20(2)3/h5-6,11,13-14,19H,7-10,12H2,1-4H3. The molecule has 1 aromatic rings. The van der Waals surface area contributed by atoms with Crippen molar-refractivity contribution in [3.05, 3.63) is 29.6 Å². The maximum absolute atomic E-state index is 13.4. The molecule has 3 nitrogen and oxygen atoms in total. The van der Waals surface area contributed by atoms with Gasteiger partial charge in [-0.2, -0.15) is 0 Å². The zero-order chi connectivity index (χ0) is 15.4. The molecule has 0 radical (unpaired) electrons. The van der Waals surface area contributed by atoms with E-state index in [1.807, 2.05) is 25.1 Å². The maximum Gasteiger partial charge on any atom is 0.125 e. The summed E-state index contributed by atoms with van der Waals surface area (Å²) in [6.45, 7) is 5.59. The molecule has 0 spiro atoms. The number of anilines is 1. The molecule has 0 aromatic heterocycles. The van der Waals surface area contributed by atoms with Gasteiger partial charge in [0.2, 0.25) is 0 Å². The first-order chi connectivity index (χ1) is 9.97. The van der Waals surface area contributed by atoms with Crippen molar-refractivity contribution >= 4 is 5.69 Å². The Labute approximate surface area is 128 Å². The Bertz CT molecular complexity index is 453. The molecule has 4 heteroatoms. The second-order valence-electron chi connectivity index (χ2n) is 6.47. The molecule has 2 rings (SSSR count). The molecular weight excluding hydrogens is 265 g/mol. The van der Waals surface area contributed by atoms with Crippen LogP contribution in [0, 0.1) is 11.7 Å². The zero-order valence-corrected chi connectivity index (χ0v) is 13.7. The molecule has 1 unspecified atom stereocenters. The summed E-state index contributed by atoms with van der Waals surface area (Å²) in [6, 6.07) is 5.30. The van der Waals surface area contributed by atoms with Crippen molar-refractivity contribution in [3.8, 4) is 0 Å². The monoisotopic (exact) mass is 293 g/mol. The van der Waals surface area contributed by atoms with Gasteiger partial charge in [-0.15, -0.1) is 0 Å². The predicted octanol–water partition coefficient (Wildman–Crippen LogP) is 2.88. The van der Waals surface area contributed by atoms with Crippen LogP contribution in [0.25, 0.3) is 0 Å². The Hall–Kier alpha value is -1.13. The van der Waals surface area contributed by atoms with Gasteiger partial charge in [-0.05, 0) is 70.1 Å². The molecule has 118 valence electrons. The van der Waals surface area contributed by atoms with Crippen molar-refractivity contribution in [1.29, 1.82) is 0 Å². The van der Waals surface area contributed by atoms with Gasteiger partial charge in [-0.25, -0.2) is 4.39 Å². The van der Waals surface area contributed by atoms with Crippen LogP contribution in [0.2, 0.25) is 0 Å². The van der Waals surface area contributed by atoms with E-state index in [9.17, 15) is 4.39 Å². The van der Waals surface area contributed by atoms with Crippen molar-refractivity contribution in [3.63, 3.8) is 0 Å². The molecule has 1 heterocycles. The van der Waals surface area contributed by atoms with Gasteiger partial charge in [0.25, 0.3) is 0 Å². The highest BCUT2D eigenvalue weighted by Gasteiger charge is 2.18. The van der Waals surface area contributed by atoms with E-state index in [0.717, 1.165) is 23.7 Å². The molecule has 0 saturated carbocycles. The molecule has 0 aliphatic carbocycles. The minimum Gasteiger partial charge on any atom is -0.377 e. The number of benzene rings is 1. The third kappa shape index (κ3) is 4.42. The molecule has 1 aromatic carbocycles. The van der Waals surface area contributed by atoms with Crippen LogP contribution in [-0.4, -0.2) is 45.7 Å². The molecule has 21 heavy (non-hydrogen) atoms. The highest BCUT2D eigenvalue weighted by atomic mass is 19.1. The van der Waals surface area contributed by atoms with E-state index in [1.54, 1.807) is 12.1 Å². The summed E-state index contributed by atoms with van der Waals surface area (Å²) in [5, 5.41) is 3.63. The summed E-state index contributed by atoms with van der Waals surface area (Å²) < 4.78 is 13.4. The fourth-order valence-corrected chi connectivity index (χ4v) is 2.99. The van der Waals surface area contributed by atoms with Crippen molar-refractivity contribution in [2.45, 2.75) is 25.8 Å². The van der Waals surface area contributed by atoms with E-state index >= 15 is 0 Å². The summed E-state index contributed by atoms with van der Waals surface area (Å²) >= 11 is 0. The fraction of sp³-hybridized carbons (Fsp3) is 0.647. The maximum atomic E-state index is 13.4. The quantitative estimate of drug-likeness (QED) is 0.900. The minimum absolute atomic E-state index is 0.176. The van der Waals surface area contributed by atoms with Gasteiger partial charge in [0, 0.05) is 25.8 Å². The zero-order valence-electron chi connectivity index (χ0n) is 13.7. The van der Waals surface area contributed by atoms with Gasteiger partial charge in [-0.1, -0.05) is 6.07 Å². The smallest absolute Gasteiger partial charge is 0.125 e. The number of hydrogen-bond acceptors (Lipinski definition) is 3. The lowest BCUT2D eigenvalue weighted by molar-refractivity contribution is 0.213. The van der Waals surface area contributed by atoms with Crippen molar-refractivity contribution in [1.82, 2.24) is 10.2 Å². The molecule has 1 saturated heterocycles. The highest BCUT2D eigenvalue weighted by Crippen LogP contribution is 2.26. The minimum atomic E-state index is -0.176. The van der Waals surface area contributed by atoms with Gasteiger partial charge in [0.05, 0.1) is 0 Å². The summed E-state index contributed by atoms with van der Waals surface area (Å²) in [5.41, 5.74) is 2.12. The molecule has 1 fully saturated rings. The number of piperidine rings is 1.